The van der Waals surface area contributed by atoms with Crippen LogP contribution in [0.5, 0.6) is 0 Å². The first-order chi connectivity index (χ1) is 11.4. The molecule has 0 fully saturated rings. The predicted octanol–water partition coefficient (Wildman–Crippen LogP) is 3.29. The van der Waals surface area contributed by atoms with Crippen molar-refractivity contribution in [3.63, 3.8) is 0 Å². The molecule has 1 aromatic carbocycles. The molecule has 0 aliphatic rings. The number of aromatic nitrogens is 2. The smallest absolute Gasteiger partial charge is 0.123 e. The number of aryl methyl sites for hydroxylation is 1. The lowest BCUT2D eigenvalue weighted by Crippen LogP contribution is -2.34. The molecule has 0 radical (unpaired) electrons. The molecule has 3 aromatic rings. The molecule has 0 aliphatic carbocycles. The normalized spacial score (nSPS) is 13.8. The summed E-state index contributed by atoms with van der Waals surface area (Å²) in [5.74, 6) is -0.227. The molecule has 3 rings (SSSR count). The van der Waals surface area contributed by atoms with Gasteiger partial charge >= 0.3 is 0 Å². The lowest BCUT2D eigenvalue weighted by atomic mass is 10.00. The maximum absolute atomic E-state index is 13.0. The molecule has 2 N–H and O–H groups in total. The van der Waals surface area contributed by atoms with E-state index in [1.54, 1.807) is 41.3 Å². The zero-order valence-electron chi connectivity index (χ0n) is 13.7. The predicted molar refractivity (Wildman–Crippen MR) is 94.2 cm³/mol. The molecular formula is C18H20FN3OS. The summed E-state index contributed by atoms with van der Waals surface area (Å²) >= 11 is 1.66. The fourth-order valence-corrected chi connectivity index (χ4v) is 3.46. The van der Waals surface area contributed by atoms with Crippen LogP contribution in [0.3, 0.4) is 0 Å². The van der Waals surface area contributed by atoms with Gasteiger partial charge in [-0.15, -0.1) is 11.3 Å². The Bertz CT molecular complexity index is 808. The average molecular weight is 345 g/mol. The van der Waals surface area contributed by atoms with E-state index in [1.165, 1.54) is 12.1 Å². The minimum absolute atomic E-state index is 0.227. The molecule has 4 nitrogen and oxygen atoms in total. The van der Waals surface area contributed by atoms with Gasteiger partial charge in [-0.25, -0.2) is 4.39 Å². The fourth-order valence-electron chi connectivity index (χ4n) is 2.47. The Morgan fingerprint density at radius 3 is 2.67 bits per heavy atom. The van der Waals surface area contributed by atoms with Crippen molar-refractivity contribution in [2.24, 2.45) is 7.05 Å². The molecule has 0 spiro atoms. The molecule has 0 aliphatic heterocycles. The van der Waals surface area contributed by atoms with Crippen LogP contribution in [0, 0.1) is 5.82 Å². The lowest BCUT2D eigenvalue weighted by molar-refractivity contribution is 0.0566. The molecule has 0 saturated carbocycles. The number of aliphatic hydroxyl groups is 1. The van der Waals surface area contributed by atoms with Gasteiger partial charge < -0.3 is 10.4 Å². The molecule has 6 heteroatoms. The monoisotopic (exact) mass is 345 g/mol. The number of nitrogens with zero attached hydrogens (tertiary/aromatic N) is 2. The second-order valence-corrected chi connectivity index (χ2v) is 7.22. The summed E-state index contributed by atoms with van der Waals surface area (Å²) in [7, 11) is 1.83. The Balaban J connectivity index is 1.58. The highest BCUT2D eigenvalue weighted by Crippen LogP contribution is 2.28. The third kappa shape index (κ3) is 3.90. The first-order valence-corrected chi connectivity index (χ1v) is 8.52. The largest absolute Gasteiger partial charge is 0.384 e. The lowest BCUT2D eigenvalue weighted by Gasteiger charge is -2.22. The van der Waals surface area contributed by atoms with E-state index < -0.39 is 5.60 Å². The van der Waals surface area contributed by atoms with Crippen LogP contribution in [-0.4, -0.2) is 21.4 Å². The highest BCUT2D eigenvalue weighted by Gasteiger charge is 2.24. The standard InChI is InChI=1S/C18H20FN3OS/c1-18(23,14-9-21-22(2)11-14)12-20-10-16-7-8-17(24-16)13-3-5-15(19)6-4-13/h3-9,11,20,23H,10,12H2,1-2H3. The molecule has 24 heavy (non-hydrogen) atoms. The van der Waals surface area contributed by atoms with Gasteiger partial charge in [-0.2, -0.15) is 5.10 Å². The van der Waals surface area contributed by atoms with Crippen LogP contribution in [-0.2, 0) is 19.2 Å². The van der Waals surface area contributed by atoms with E-state index in [0.717, 1.165) is 20.9 Å². The van der Waals surface area contributed by atoms with Crippen LogP contribution in [0.2, 0.25) is 0 Å². The van der Waals surface area contributed by atoms with Crippen LogP contribution in [0.15, 0.2) is 48.8 Å². The molecule has 0 amide bonds. The van der Waals surface area contributed by atoms with Gasteiger partial charge in [-0.3, -0.25) is 4.68 Å². The quantitative estimate of drug-likeness (QED) is 0.721. The van der Waals surface area contributed by atoms with E-state index in [0.29, 0.717) is 13.1 Å². The van der Waals surface area contributed by atoms with Crippen molar-refractivity contribution >= 4 is 11.3 Å². The van der Waals surface area contributed by atoms with Gasteiger partial charge in [0, 0.05) is 41.7 Å². The van der Waals surface area contributed by atoms with Crippen LogP contribution < -0.4 is 5.32 Å². The number of hydrogen-bond acceptors (Lipinski definition) is 4. The molecule has 0 bridgehead atoms. The highest BCUT2D eigenvalue weighted by atomic mass is 32.1. The third-order valence-electron chi connectivity index (χ3n) is 3.89. The molecule has 2 heterocycles. The molecule has 1 unspecified atom stereocenters. The van der Waals surface area contributed by atoms with Gasteiger partial charge in [0.05, 0.1) is 6.20 Å². The van der Waals surface area contributed by atoms with Crippen molar-refractivity contribution in [2.45, 2.75) is 19.1 Å². The van der Waals surface area contributed by atoms with Gasteiger partial charge in [-0.1, -0.05) is 12.1 Å². The van der Waals surface area contributed by atoms with Crippen molar-refractivity contribution in [1.82, 2.24) is 15.1 Å². The van der Waals surface area contributed by atoms with E-state index in [-0.39, 0.29) is 5.82 Å². The number of halogens is 1. The number of hydrogen-bond donors (Lipinski definition) is 2. The Hall–Kier alpha value is -2.02. The number of benzene rings is 1. The summed E-state index contributed by atoms with van der Waals surface area (Å²) < 4.78 is 14.7. The first-order valence-electron chi connectivity index (χ1n) is 7.71. The van der Waals surface area contributed by atoms with E-state index >= 15 is 0 Å². The van der Waals surface area contributed by atoms with Crippen molar-refractivity contribution < 1.29 is 9.50 Å². The third-order valence-corrected chi connectivity index (χ3v) is 5.02. The Morgan fingerprint density at radius 2 is 2.00 bits per heavy atom. The number of thiophene rings is 1. The zero-order valence-corrected chi connectivity index (χ0v) is 14.5. The van der Waals surface area contributed by atoms with Crippen molar-refractivity contribution in [3.05, 3.63) is 65.0 Å². The average Bonchev–Trinajstić information content (AvgIpc) is 3.17. The van der Waals surface area contributed by atoms with E-state index in [2.05, 4.69) is 16.5 Å². The minimum Gasteiger partial charge on any atom is -0.384 e. The molecule has 1 atom stereocenters. The SMILES string of the molecule is Cn1cc(C(C)(O)CNCc2ccc(-c3ccc(F)cc3)s2)cn1. The second kappa shape index (κ2) is 6.84. The summed E-state index contributed by atoms with van der Waals surface area (Å²) in [5.41, 5.74) is 0.830. The summed E-state index contributed by atoms with van der Waals surface area (Å²) in [6.45, 7) is 2.88. The summed E-state index contributed by atoms with van der Waals surface area (Å²) in [5, 5.41) is 17.9. The van der Waals surface area contributed by atoms with Crippen LogP contribution in [0.4, 0.5) is 4.39 Å². The molecule has 0 saturated heterocycles. The zero-order chi connectivity index (χ0) is 17.2. The minimum atomic E-state index is -0.967. The number of nitrogens with one attached hydrogen (secondary N) is 1. The van der Waals surface area contributed by atoms with Gasteiger partial charge in [0.2, 0.25) is 0 Å². The van der Waals surface area contributed by atoms with Crippen molar-refractivity contribution in [2.75, 3.05) is 6.54 Å². The highest BCUT2D eigenvalue weighted by molar-refractivity contribution is 7.15. The maximum atomic E-state index is 13.0. The molecule has 126 valence electrons. The van der Waals surface area contributed by atoms with Gasteiger partial charge in [-0.05, 0) is 36.8 Å². The van der Waals surface area contributed by atoms with Crippen LogP contribution in [0.1, 0.15) is 17.4 Å². The van der Waals surface area contributed by atoms with Gasteiger partial charge in [0.25, 0.3) is 0 Å². The van der Waals surface area contributed by atoms with Crippen LogP contribution >= 0.6 is 11.3 Å². The van der Waals surface area contributed by atoms with Crippen LogP contribution in [0.25, 0.3) is 10.4 Å². The number of rotatable bonds is 6. The summed E-state index contributed by atoms with van der Waals surface area (Å²) in [6.07, 6.45) is 3.50. The molecule has 2 aromatic heterocycles. The van der Waals surface area contributed by atoms with E-state index in [4.69, 9.17) is 0 Å². The summed E-state index contributed by atoms with van der Waals surface area (Å²) in [6, 6.07) is 10.6. The topological polar surface area (TPSA) is 50.1 Å². The van der Waals surface area contributed by atoms with Crippen molar-refractivity contribution in [3.8, 4) is 10.4 Å². The van der Waals surface area contributed by atoms with Gasteiger partial charge in [0.1, 0.15) is 11.4 Å². The second-order valence-electron chi connectivity index (χ2n) is 6.05. The van der Waals surface area contributed by atoms with E-state index in [9.17, 15) is 9.50 Å². The van der Waals surface area contributed by atoms with Crippen molar-refractivity contribution in [1.29, 1.82) is 0 Å². The maximum Gasteiger partial charge on any atom is 0.123 e. The Kier molecular flexibility index (Phi) is 4.80. The summed E-state index contributed by atoms with van der Waals surface area (Å²) in [4.78, 5) is 2.27. The Labute approximate surface area is 144 Å². The van der Waals surface area contributed by atoms with E-state index in [1.807, 2.05) is 19.3 Å². The van der Waals surface area contributed by atoms with Gasteiger partial charge in [0.15, 0.2) is 0 Å². The molecular weight excluding hydrogens is 325 g/mol. The first kappa shape index (κ1) is 16.8. The Morgan fingerprint density at radius 1 is 1.25 bits per heavy atom. The fraction of sp³-hybridized carbons (Fsp3) is 0.278.